The number of amides is 1. The van der Waals surface area contributed by atoms with Crippen LogP contribution in [0.1, 0.15) is 16.7 Å². The van der Waals surface area contributed by atoms with E-state index in [4.69, 9.17) is 0 Å². The molecule has 2 N–H and O–H groups in total. The number of nitrogens with one attached hydrogen (secondary N) is 1. The van der Waals surface area contributed by atoms with E-state index < -0.39 is 17.3 Å². The summed E-state index contributed by atoms with van der Waals surface area (Å²) in [4.78, 5) is 12.1. The summed E-state index contributed by atoms with van der Waals surface area (Å²) in [5, 5.41) is 13.5. The number of benzene rings is 2. The first-order valence-corrected chi connectivity index (χ1v) is 5.93. The summed E-state index contributed by atoms with van der Waals surface area (Å²) in [6.07, 6.45) is 0. The van der Waals surface area contributed by atoms with E-state index in [9.17, 15) is 14.3 Å². The van der Waals surface area contributed by atoms with Crippen molar-refractivity contribution in [1.82, 2.24) is 0 Å². The van der Waals surface area contributed by atoms with Crippen molar-refractivity contribution in [3.8, 4) is 0 Å². The van der Waals surface area contributed by atoms with E-state index in [2.05, 4.69) is 5.32 Å². The molecule has 0 spiro atoms. The first kappa shape index (κ1) is 11.9. The zero-order valence-corrected chi connectivity index (χ0v) is 10.3. The van der Waals surface area contributed by atoms with E-state index in [1.54, 1.807) is 31.2 Å². The highest BCUT2D eigenvalue weighted by atomic mass is 19.1. The Hall–Kier alpha value is -2.20. The van der Waals surface area contributed by atoms with Crippen LogP contribution in [0, 0.1) is 12.7 Å². The lowest BCUT2D eigenvalue weighted by Crippen LogP contribution is -2.36. The molecule has 19 heavy (non-hydrogen) atoms. The molecule has 3 rings (SSSR count). The number of anilines is 1. The van der Waals surface area contributed by atoms with Crippen molar-refractivity contribution in [2.24, 2.45) is 0 Å². The molecule has 1 aliphatic heterocycles. The van der Waals surface area contributed by atoms with Gasteiger partial charge in [-0.3, -0.25) is 4.79 Å². The van der Waals surface area contributed by atoms with Gasteiger partial charge in [-0.25, -0.2) is 4.39 Å². The Morgan fingerprint density at radius 2 is 1.89 bits per heavy atom. The van der Waals surface area contributed by atoms with Crippen LogP contribution in [0.25, 0.3) is 0 Å². The first-order chi connectivity index (χ1) is 9.03. The van der Waals surface area contributed by atoms with E-state index >= 15 is 0 Å². The van der Waals surface area contributed by atoms with E-state index in [-0.39, 0.29) is 0 Å². The average molecular weight is 257 g/mol. The quantitative estimate of drug-likeness (QED) is 0.823. The summed E-state index contributed by atoms with van der Waals surface area (Å²) in [6.45, 7) is 1.67. The van der Waals surface area contributed by atoms with Crippen LogP contribution in [-0.2, 0) is 10.4 Å². The second-order valence-corrected chi connectivity index (χ2v) is 4.67. The van der Waals surface area contributed by atoms with Gasteiger partial charge in [0.15, 0.2) is 5.60 Å². The molecule has 0 aromatic heterocycles. The molecule has 0 bridgehead atoms. The van der Waals surface area contributed by atoms with Crippen molar-refractivity contribution in [3.05, 3.63) is 65.0 Å². The Balaban J connectivity index is 2.25. The summed E-state index contributed by atoms with van der Waals surface area (Å²) in [5.74, 6) is -0.903. The Labute approximate surface area is 109 Å². The van der Waals surface area contributed by atoms with Crippen molar-refractivity contribution in [3.63, 3.8) is 0 Å². The maximum atomic E-state index is 13.2. The molecule has 96 valence electrons. The average Bonchev–Trinajstić information content (AvgIpc) is 2.63. The van der Waals surface area contributed by atoms with Crippen LogP contribution in [-0.4, -0.2) is 11.0 Å². The van der Waals surface area contributed by atoms with Gasteiger partial charge >= 0.3 is 0 Å². The lowest BCUT2D eigenvalue weighted by molar-refractivity contribution is -0.129. The third kappa shape index (κ3) is 1.57. The lowest BCUT2D eigenvalue weighted by Gasteiger charge is -2.23. The minimum atomic E-state index is -1.76. The van der Waals surface area contributed by atoms with Crippen LogP contribution in [0.4, 0.5) is 10.1 Å². The molecule has 0 saturated carbocycles. The molecular weight excluding hydrogens is 245 g/mol. The van der Waals surface area contributed by atoms with Crippen molar-refractivity contribution >= 4 is 11.6 Å². The van der Waals surface area contributed by atoms with Gasteiger partial charge in [0.1, 0.15) is 5.82 Å². The van der Waals surface area contributed by atoms with E-state index in [0.717, 1.165) is 0 Å². The molecule has 3 nitrogen and oxygen atoms in total. The fourth-order valence-electron chi connectivity index (χ4n) is 2.54. The van der Waals surface area contributed by atoms with Gasteiger partial charge < -0.3 is 10.4 Å². The van der Waals surface area contributed by atoms with Crippen LogP contribution in [0.3, 0.4) is 0 Å². The number of carbonyl (C=O) groups is 1. The first-order valence-electron chi connectivity index (χ1n) is 5.93. The topological polar surface area (TPSA) is 49.3 Å². The van der Waals surface area contributed by atoms with Crippen LogP contribution in [0.15, 0.2) is 42.5 Å². The number of fused-ring (bicyclic) bond motifs is 1. The number of aryl methyl sites for hydroxylation is 1. The Morgan fingerprint density at radius 1 is 1.16 bits per heavy atom. The zero-order valence-electron chi connectivity index (χ0n) is 10.3. The maximum absolute atomic E-state index is 13.2. The third-order valence-corrected chi connectivity index (χ3v) is 3.47. The highest BCUT2D eigenvalue weighted by Gasteiger charge is 2.47. The van der Waals surface area contributed by atoms with Crippen molar-refractivity contribution in [2.45, 2.75) is 12.5 Å². The monoisotopic (exact) mass is 257 g/mol. The molecule has 0 aliphatic carbocycles. The normalized spacial score (nSPS) is 21.1. The SMILES string of the molecule is Cc1cc(F)ccc1C1(O)C(=O)Nc2ccccc21. The molecule has 1 amide bonds. The molecule has 4 heteroatoms. The number of rotatable bonds is 1. The molecule has 1 atom stereocenters. The summed E-state index contributed by atoms with van der Waals surface area (Å²) in [7, 11) is 0. The standard InChI is InChI=1S/C15H12FNO2/c1-9-8-10(16)6-7-11(9)15(19)12-4-2-3-5-13(12)17-14(15)18/h2-8,19H,1H3,(H,17,18). The molecule has 0 saturated heterocycles. The number of hydrogen-bond acceptors (Lipinski definition) is 2. The number of halogens is 1. The number of carbonyl (C=O) groups excluding carboxylic acids is 1. The predicted octanol–water partition coefficient (Wildman–Crippen LogP) is 2.32. The molecule has 1 unspecified atom stereocenters. The second kappa shape index (κ2) is 3.90. The number of para-hydroxylation sites is 1. The van der Waals surface area contributed by atoms with E-state index in [0.29, 0.717) is 22.4 Å². The zero-order chi connectivity index (χ0) is 13.6. The smallest absolute Gasteiger partial charge is 0.265 e. The summed E-state index contributed by atoms with van der Waals surface area (Å²) in [6, 6.07) is 11.0. The van der Waals surface area contributed by atoms with Crippen LogP contribution >= 0.6 is 0 Å². The van der Waals surface area contributed by atoms with Gasteiger partial charge in [0.05, 0.1) is 0 Å². The fraction of sp³-hybridized carbons (Fsp3) is 0.133. The fourth-order valence-corrected chi connectivity index (χ4v) is 2.54. The molecule has 1 aliphatic rings. The van der Waals surface area contributed by atoms with E-state index in [1.807, 2.05) is 0 Å². The van der Waals surface area contributed by atoms with Crippen LogP contribution < -0.4 is 5.32 Å². The van der Waals surface area contributed by atoms with Gasteiger partial charge in [-0.15, -0.1) is 0 Å². The van der Waals surface area contributed by atoms with Crippen LogP contribution in [0.2, 0.25) is 0 Å². The van der Waals surface area contributed by atoms with Gasteiger partial charge in [0, 0.05) is 16.8 Å². The highest BCUT2D eigenvalue weighted by molar-refractivity contribution is 6.07. The van der Waals surface area contributed by atoms with Gasteiger partial charge in [0.2, 0.25) is 0 Å². The van der Waals surface area contributed by atoms with E-state index in [1.165, 1.54) is 18.2 Å². The van der Waals surface area contributed by atoms with Gasteiger partial charge in [-0.05, 0) is 30.7 Å². The van der Waals surface area contributed by atoms with Crippen molar-refractivity contribution in [1.29, 1.82) is 0 Å². The van der Waals surface area contributed by atoms with Gasteiger partial charge in [-0.1, -0.05) is 24.3 Å². The number of aliphatic hydroxyl groups is 1. The van der Waals surface area contributed by atoms with Crippen molar-refractivity contribution in [2.75, 3.05) is 5.32 Å². The summed E-state index contributed by atoms with van der Waals surface area (Å²) < 4.78 is 13.2. The molecule has 0 radical (unpaired) electrons. The largest absolute Gasteiger partial charge is 0.372 e. The Morgan fingerprint density at radius 3 is 2.63 bits per heavy atom. The summed E-state index contributed by atoms with van der Waals surface area (Å²) >= 11 is 0. The lowest BCUT2D eigenvalue weighted by atomic mass is 9.85. The molecule has 1 heterocycles. The molecule has 2 aromatic carbocycles. The second-order valence-electron chi connectivity index (χ2n) is 4.67. The molecule has 2 aromatic rings. The minimum absolute atomic E-state index is 0.392. The Bertz CT molecular complexity index is 684. The minimum Gasteiger partial charge on any atom is -0.372 e. The van der Waals surface area contributed by atoms with Gasteiger partial charge in [0.25, 0.3) is 5.91 Å². The Kier molecular flexibility index (Phi) is 2.43. The predicted molar refractivity (Wildman–Crippen MR) is 69.2 cm³/mol. The maximum Gasteiger partial charge on any atom is 0.265 e. The third-order valence-electron chi connectivity index (χ3n) is 3.47. The molecule has 0 fully saturated rings. The number of hydrogen-bond donors (Lipinski definition) is 2. The van der Waals surface area contributed by atoms with Gasteiger partial charge in [-0.2, -0.15) is 0 Å². The van der Waals surface area contributed by atoms with Crippen molar-refractivity contribution < 1.29 is 14.3 Å². The highest BCUT2D eigenvalue weighted by Crippen LogP contribution is 2.41. The molecular formula is C15H12FNO2. The van der Waals surface area contributed by atoms with Crippen LogP contribution in [0.5, 0.6) is 0 Å². The summed E-state index contributed by atoms with van der Waals surface area (Å²) in [5.41, 5.74) is 0.258.